The zero-order valence-electron chi connectivity index (χ0n) is 9.59. The fourth-order valence-electron chi connectivity index (χ4n) is 1.84. The van der Waals surface area contributed by atoms with E-state index in [4.69, 9.17) is 10.5 Å². The minimum absolute atomic E-state index is 0.0513. The second kappa shape index (κ2) is 4.29. The second-order valence-electron chi connectivity index (χ2n) is 4.27. The third kappa shape index (κ3) is 2.21. The van der Waals surface area contributed by atoms with E-state index in [9.17, 15) is 18.7 Å². The first-order chi connectivity index (χ1) is 8.31. The van der Waals surface area contributed by atoms with Crippen LogP contribution in [0, 0.1) is 0 Å². The van der Waals surface area contributed by atoms with Crippen LogP contribution in [0.15, 0.2) is 17.1 Å². The van der Waals surface area contributed by atoms with Gasteiger partial charge in [0.15, 0.2) is 0 Å². The molecule has 3 unspecified atom stereocenters. The van der Waals surface area contributed by atoms with Crippen LogP contribution in [0.25, 0.3) is 0 Å². The van der Waals surface area contributed by atoms with E-state index in [1.54, 1.807) is 0 Å². The van der Waals surface area contributed by atoms with Gasteiger partial charge >= 0.3 is 5.69 Å². The molecule has 3 atom stereocenters. The van der Waals surface area contributed by atoms with Crippen molar-refractivity contribution in [1.29, 1.82) is 0 Å². The van der Waals surface area contributed by atoms with E-state index in [0.717, 1.165) is 6.20 Å². The molecule has 0 radical (unpaired) electrons. The van der Waals surface area contributed by atoms with Crippen molar-refractivity contribution in [3.63, 3.8) is 0 Å². The fourth-order valence-corrected chi connectivity index (χ4v) is 1.84. The van der Waals surface area contributed by atoms with Gasteiger partial charge in [-0.1, -0.05) is 0 Å². The number of halogens is 2. The minimum atomic E-state index is -3.25. The number of nitrogens with two attached hydrogens (primary N) is 1. The maximum atomic E-state index is 13.7. The number of nitrogens with zero attached hydrogens (tertiary/aromatic N) is 2. The van der Waals surface area contributed by atoms with Gasteiger partial charge in [0, 0.05) is 12.6 Å². The molecule has 1 aliphatic rings. The monoisotopic (exact) mass is 261 g/mol. The first-order valence-electron chi connectivity index (χ1n) is 5.37. The molecule has 3 N–H and O–H groups in total. The Morgan fingerprint density at radius 3 is 2.89 bits per heavy atom. The highest BCUT2D eigenvalue weighted by Crippen LogP contribution is 2.42. The van der Waals surface area contributed by atoms with Crippen LogP contribution in [0.4, 0.5) is 14.6 Å². The minimum Gasteiger partial charge on any atom is -0.391 e. The number of aliphatic hydroxyl groups is 1. The molecular weight excluding hydrogens is 248 g/mol. The van der Waals surface area contributed by atoms with Crippen molar-refractivity contribution in [1.82, 2.24) is 9.55 Å². The number of anilines is 1. The molecule has 1 fully saturated rings. The predicted octanol–water partition coefficient (Wildman–Crippen LogP) is 0.129. The summed E-state index contributed by atoms with van der Waals surface area (Å²) in [5.74, 6) is -3.30. The Labute approximate surface area is 101 Å². The number of aliphatic hydroxyl groups excluding tert-OH is 1. The molecule has 0 saturated carbocycles. The van der Waals surface area contributed by atoms with E-state index in [1.807, 2.05) is 0 Å². The molecule has 6 nitrogen and oxygen atoms in total. The molecule has 0 aliphatic carbocycles. The first kappa shape index (κ1) is 12.9. The Morgan fingerprint density at radius 2 is 2.39 bits per heavy atom. The summed E-state index contributed by atoms with van der Waals surface area (Å²) in [5, 5.41) is 9.28. The molecule has 0 amide bonds. The summed E-state index contributed by atoms with van der Waals surface area (Å²) in [6.45, 7) is 1.35. The van der Waals surface area contributed by atoms with Gasteiger partial charge in [0.05, 0.1) is 12.2 Å². The summed E-state index contributed by atoms with van der Waals surface area (Å²) in [4.78, 5) is 14.9. The van der Waals surface area contributed by atoms with E-state index in [2.05, 4.69) is 4.98 Å². The average molecular weight is 261 g/mol. The lowest BCUT2D eigenvalue weighted by Crippen LogP contribution is -2.35. The lowest BCUT2D eigenvalue weighted by Gasteiger charge is -2.19. The normalized spacial score (nSPS) is 28.2. The summed E-state index contributed by atoms with van der Waals surface area (Å²) < 4.78 is 33.2. The molecule has 100 valence electrons. The molecule has 2 heterocycles. The van der Waals surface area contributed by atoms with Gasteiger partial charge in [-0.2, -0.15) is 4.98 Å². The van der Waals surface area contributed by atoms with Gasteiger partial charge in [-0.15, -0.1) is 0 Å². The van der Waals surface area contributed by atoms with Crippen LogP contribution in [0.1, 0.15) is 19.6 Å². The highest BCUT2D eigenvalue weighted by Gasteiger charge is 2.52. The number of nitrogen functional groups attached to an aromatic ring is 1. The lowest BCUT2D eigenvalue weighted by atomic mass is 10.1. The van der Waals surface area contributed by atoms with Crippen LogP contribution in [-0.4, -0.2) is 32.8 Å². The van der Waals surface area contributed by atoms with Gasteiger partial charge in [0.2, 0.25) is 6.23 Å². The highest BCUT2D eigenvalue weighted by molar-refractivity contribution is 5.23. The smallest absolute Gasteiger partial charge is 0.351 e. The van der Waals surface area contributed by atoms with Crippen molar-refractivity contribution in [2.45, 2.75) is 37.7 Å². The average Bonchev–Trinajstić information content (AvgIpc) is 2.55. The lowest BCUT2D eigenvalue weighted by molar-refractivity contribution is -0.126. The number of alkyl halides is 2. The second-order valence-corrected chi connectivity index (χ2v) is 4.27. The largest absolute Gasteiger partial charge is 0.391 e. The summed E-state index contributed by atoms with van der Waals surface area (Å²) in [5.41, 5.74) is 4.37. The van der Waals surface area contributed by atoms with E-state index in [1.165, 1.54) is 13.0 Å². The van der Waals surface area contributed by atoms with E-state index < -0.39 is 36.5 Å². The molecule has 1 aromatic rings. The summed E-state index contributed by atoms with van der Waals surface area (Å²) >= 11 is 0. The van der Waals surface area contributed by atoms with Crippen molar-refractivity contribution in [2.24, 2.45) is 0 Å². The molecule has 2 rings (SSSR count). The molecular formula is C10H13F2N3O3. The van der Waals surface area contributed by atoms with Gasteiger partial charge in [-0.25, -0.2) is 13.6 Å². The molecule has 0 bridgehead atoms. The summed E-state index contributed by atoms with van der Waals surface area (Å²) in [6.07, 6.45) is -3.37. The number of aromatic nitrogens is 2. The van der Waals surface area contributed by atoms with Crippen molar-refractivity contribution >= 4 is 5.82 Å². The van der Waals surface area contributed by atoms with Gasteiger partial charge in [0.1, 0.15) is 5.82 Å². The SMILES string of the molecule is CC(O)C1CC(F)(F)C(n2ccc(N)nc2=O)O1. The number of rotatable bonds is 2. The Hall–Kier alpha value is -1.54. The number of hydrogen-bond acceptors (Lipinski definition) is 5. The summed E-state index contributed by atoms with van der Waals surface area (Å²) in [6, 6.07) is 1.23. The Bertz CT molecular complexity index is 503. The fraction of sp³-hybridized carbons (Fsp3) is 0.600. The molecule has 0 spiro atoms. The molecule has 18 heavy (non-hydrogen) atoms. The summed E-state index contributed by atoms with van der Waals surface area (Å²) in [7, 11) is 0. The molecule has 0 aromatic carbocycles. The zero-order valence-corrected chi connectivity index (χ0v) is 9.59. The van der Waals surface area contributed by atoms with Crippen molar-refractivity contribution in [3.05, 3.63) is 22.7 Å². The van der Waals surface area contributed by atoms with Crippen LogP contribution in [-0.2, 0) is 4.74 Å². The van der Waals surface area contributed by atoms with E-state index >= 15 is 0 Å². The van der Waals surface area contributed by atoms with Gasteiger partial charge in [-0.3, -0.25) is 4.57 Å². The molecule has 1 saturated heterocycles. The van der Waals surface area contributed by atoms with Crippen LogP contribution >= 0.6 is 0 Å². The predicted molar refractivity (Wildman–Crippen MR) is 58.1 cm³/mol. The Morgan fingerprint density at radius 1 is 1.72 bits per heavy atom. The number of ether oxygens (including phenoxy) is 1. The zero-order chi connectivity index (χ0) is 13.5. The van der Waals surface area contributed by atoms with Crippen LogP contribution < -0.4 is 11.4 Å². The maximum Gasteiger partial charge on any atom is 0.351 e. The highest BCUT2D eigenvalue weighted by atomic mass is 19.3. The van der Waals surface area contributed by atoms with E-state index in [-0.39, 0.29) is 5.82 Å². The van der Waals surface area contributed by atoms with Crippen molar-refractivity contribution < 1.29 is 18.6 Å². The Balaban J connectivity index is 2.35. The quantitative estimate of drug-likeness (QED) is 0.789. The van der Waals surface area contributed by atoms with Crippen LogP contribution in [0.5, 0.6) is 0 Å². The Kier molecular flexibility index (Phi) is 3.07. The van der Waals surface area contributed by atoms with Crippen molar-refractivity contribution in [3.8, 4) is 0 Å². The van der Waals surface area contributed by atoms with Crippen LogP contribution in [0.2, 0.25) is 0 Å². The molecule has 1 aromatic heterocycles. The third-order valence-electron chi connectivity index (χ3n) is 2.78. The first-order valence-corrected chi connectivity index (χ1v) is 5.37. The van der Waals surface area contributed by atoms with E-state index in [0.29, 0.717) is 4.57 Å². The van der Waals surface area contributed by atoms with Crippen molar-refractivity contribution in [2.75, 3.05) is 5.73 Å². The number of hydrogen-bond donors (Lipinski definition) is 2. The maximum absolute atomic E-state index is 13.7. The standard InChI is InChI=1S/C10H13F2N3O3/c1-5(16)6-4-10(11,12)8(18-6)15-3-2-7(13)14-9(15)17/h2-3,5-6,8,16H,4H2,1H3,(H2,13,14,17). The topological polar surface area (TPSA) is 90.4 Å². The van der Waals surface area contributed by atoms with Gasteiger partial charge in [0.25, 0.3) is 5.92 Å². The molecule has 1 aliphatic heterocycles. The molecule has 8 heteroatoms. The van der Waals surface area contributed by atoms with Gasteiger partial charge in [-0.05, 0) is 13.0 Å². The van der Waals surface area contributed by atoms with Gasteiger partial charge < -0.3 is 15.6 Å². The third-order valence-corrected chi connectivity index (χ3v) is 2.78. The van der Waals surface area contributed by atoms with Crippen LogP contribution in [0.3, 0.4) is 0 Å².